The number of allylic oxidation sites excluding steroid dienone is 1. The summed E-state index contributed by atoms with van der Waals surface area (Å²) in [4.78, 5) is 29.1. The van der Waals surface area contributed by atoms with Crippen LogP contribution in [-0.4, -0.2) is 18.8 Å². The number of nitrogens with zero attached hydrogens (tertiary/aromatic N) is 1. The number of para-hydroxylation sites is 3. The first-order valence-corrected chi connectivity index (χ1v) is 10.7. The highest BCUT2D eigenvalue weighted by molar-refractivity contribution is 6.13. The topological polar surface area (TPSA) is 71.8 Å². The van der Waals surface area contributed by atoms with Gasteiger partial charge in [-0.1, -0.05) is 31.2 Å². The summed E-state index contributed by atoms with van der Waals surface area (Å²) in [5, 5.41) is 3.47. The van der Waals surface area contributed by atoms with Gasteiger partial charge in [0.1, 0.15) is 17.6 Å². The van der Waals surface area contributed by atoms with Crippen molar-refractivity contribution >= 4 is 23.1 Å². The van der Waals surface area contributed by atoms with Crippen molar-refractivity contribution in [3.05, 3.63) is 89.5 Å². The first kappa shape index (κ1) is 20.1. The van der Waals surface area contributed by atoms with E-state index in [4.69, 9.17) is 9.15 Å². The predicted molar refractivity (Wildman–Crippen MR) is 122 cm³/mol. The number of anilines is 2. The summed E-state index contributed by atoms with van der Waals surface area (Å²) in [6.45, 7) is 2.07. The number of benzene rings is 2. The van der Waals surface area contributed by atoms with Gasteiger partial charge in [-0.2, -0.15) is 0 Å². The molecule has 0 radical (unpaired) electrons. The van der Waals surface area contributed by atoms with Crippen LogP contribution >= 0.6 is 0 Å². The minimum atomic E-state index is -0.687. The molecule has 0 fully saturated rings. The van der Waals surface area contributed by atoms with Crippen LogP contribution in [0.1, 0.15) is 41.9 Å². The van der Waals surface area contributed by atoms with E-state index in [1.807, 2.05) is 36.4 Å². The van der Waals surface area contributed by atoms with Gasteiger partial charge in [0.15, 0.2) is 5.78 Å². The van der Waals surface area contributed by atoms with Crippen molar-refractivity contribution in [3.63, 3.8) is 0 Å². The quantitative estimate of drug-likeness (QED) is 0.608. The van der Waals surface area contributed by atoms with Crippen LogP contribution in [-0.2, 0) is 4.79 Å². The molecule has 5 rings (SSSR count). The highest BCUT2D eigenvalue weighted by Crippen LogP contribution is 2.46. The number of fused-ring (bicyclic) bond motifs is 1. The molecule has 2 heterocycles. The monoisotopic (exact) mass is 428 g/mol. The third-order valence-electron chi connectivity index (χ3n) is 6.06. The molecule has 32 heavy (non-hydrogen) atoms. The first-order valence-electron chi connectivity index (χ1n) is 10.7. The third-order valence-corrected chi connectivity index (χ3v) is 6.06. The van der Waals surface area contributed by atoms with Crippen LogP contribution in [0.3, 0.4) is 0 Å². The predicted octanol–water partition coefficient (Wildman–Crippen LogP) is 5.35. The van der Waals surface area contributed by atoms with Crippen molar-refractivity contribution in [2.45, 2.75) is 25.8 Å². The molecule has 6 heteroatoms. The SMILES string of the molecule is COc1ccccc1C(=O)N1c2ccccc2NC2=C(C(=O)C[C@@H](C)C2)[C@@H]1c1ccco1. The van der Waals surface area contributed by atoms with E-state index < -0.39 is 6.04 Å². The van der Waals surface area contributed by atoms with Crippen LogP contribution < -0.4 is 15.0 Å². The second-order valence-corrected chi connectivity index (χ2v) is 8.26. The summed E-state index contributed by atoms with van der Waals surface area (Å²) >= 11 is 0. The van der Waals surface area contributed by atoms with Crippen LogP contribution in [0.15, 0.2) is 82.6 Å². The van der Waals surface area contributed by atoms with Gasteiger partial charge in [0, 0.05) is 17.7 Å². The number of Topliss-reactive ketones (excluding diaryl/α,β-unsaturated/α-hetero) is 1. The molecule has 2 atom stereocenters. The number of methoxy groups -OCH3 is 1. The lowest BCUT2D eigenvalue weighted by Crippen LogP contribution is -2.38. The standard InChI is InChI=1S/C26H24N2O4/c1-16-14-19-24(21(29)15-16)25(23-12-7-13-32-23)28(20-10-5-4-9-18(20)27-19)26(30)17-8-3-6-11-22(17)31-2/h3-13,16,25,27H,14-15H2,1-2H3/t16-,25-/m0/s1. The number of carbonyl (C=O) groups is 2. The normalized spacial score (nSPS) is 20.2. The molecule has 1 aliphatic carbocycles. The van der Waals surface area contributed by atoms with E-state index in [2.05, 4.69) is 12.2 Å². The number of hydrogen-bond donors (Lipinski definition) is 1. The molecule has 0 bridgehead atoms. The molecular weight excluding hydrogens is 404 g/mol. The molecule has 3 aromatic rings. The van der Waals surface area contributed by atoms with Crippen molar-refractivity contribution < 1.29 is 18.7 Å². The fourth-order valence-corrected chi connectivity index (χ4v) is 4.68. The van der Waals surface area contributed by atoms with Crippen LogP contribution in [0.25, 0.3) is 0 Å². The summed E-state index contributed by atoms with van der Waals surface area (Å²) in [6, 6.07) is 17.6. The molecule has 6 nitrogen and oxygen atoms in total. The summed E-state index contributed by atoms with van der Waals surface area (Å²) < 4.78 is 11.3. The highest BCUT2D eigenvalue weighted by atomic mass is 16.5. The second-order valence-electron chi connectivity index (χ2n) is 8.26. The average Bonchev–Trinajstić information content (AvgIpc) is 3.28. The van der Waals surface area contributed by atoms with E-state index in [0.29, 0.717) is 34.8 Å². The maximum Gasteiger partial charge on any atom is 0.263 e. The Labute approximate surface area is 186 Å². The van der Waals surface area contributed by atoms with Crippen molar-refractivity contribution in [2.24, 2.45) is 5.92 Å². The maximum absolute atomic E-state index is 14.1. The van der Waals surface area contributed by atoms with E-state index in [-0.39, 0.29) is 17.6 Å². The van der Waals surface area contributed by atoms with Gasteiger partial charge >= 0.3 is 0 Å². The Bertz CT molecular complexity index is 1210. The van der Waals surface area contributed by atoms with Gasteiger partial charge in [-0.15, -0.1) is 0 Å². The summed E-state index contributed by atoms with van der Waals surface area (Å²) in [5.74, 6) is 0.997. The van der Waals surface area contributed by atoms with Gasteiger partial charge in [0.25, 0.3) is 5.91 Å². The van der Waals surface area contributed by atoms with Crippen LogP contribution in [0.2, 0.25) is 0 Å². The van der Waals surface area contributed by atoms with Crippen molar-refractivity contribution in [3.8, 4) is 5.75 Å². The molecule has 0 spiro atoms. The number of nitrogens with one attached hydrogen (secondary N) is 1. The van der Waals surface area contributed by atoms with Gasteiger partial charge in [0.2, 0.25) is 0 Å². The Morgan fingerprint density at radius 2 is 1.84 bits per heavy atom. The Balaban J connectivity index is 1.78. The number of ketones is 1. The third kappa shape index (κ3) is 3.28. The molecule has 162 valence electrons. The van der Waals surface area contributed by atoms with Crippen molar-refractivity contribution in [1.29, 1.82) is 0 Å². The molecule has 2 aromatic carbocycles. The molecule has 1 aliphatic heterocycles. The van der Waals surface area contributed by atoms with Gasteiger partial charge in [-0.05, 0) is 48.7 Å². The van der Waals surface area contributed by atoms with Crippen LogP contribution in [0.5, 0.6) is 5.75 Å². The minimum absolute atomic E-state index is 0.0262. The van der Waals surface area contributed by atoms with E-state index in [0.717, 1.165) is 17.8 Å². The number of ether oxygens (including phenoxy) is 1. The fourth-order valence-electron chi connectivity index (χ4n) is 4.68. The highest BCUT2D eigenvalue weighted by Gasteiger charge is 2.42. The zero-order valence-electron chi connectivity index (χ0n) is 18.0. The van der Waals surface area contributed by atoms with Crippen LogP contribution in [0.4, 0.5) is 11.4 Å². The number of carbonyl (C=O) groups excluding carboxylic acids is 2. The molecule has 0 unspecified atom stereocenters. The summed E-state index contributed by atoms with van der Waals surface area (Å²) in [6.07, 6.45) is 2.73. The Hall–Kier alpha value is -3.80. The molecule has 2 aliphatic rings. The van der Waals surface area contributed by atoms with Gasteiger partial charge in [-0.3, -0.25) is 14.5 Å². The molecular formula is C26H24N2O4. The zero-order chi connectivity index (χ0) is 22.2. The lowest BCUT2D eigenvalue weighted by atomic mass is 9.83. The fraction of sp³-hybridized carbons (Fsp3) is 0.231. The van der Waals surface area contributed by atoms with E-state index in [1.54, 1.807) is 42.5 Å². The minimum Gasteiger partial charge on any atom is -0.496 e. The summed E-state index contributed by atoms with van der Waals surface area (Å²) in [7, 11) is 1.54. The second kappa shape index (κ2) is 8.04. The largest absolute Gasteiger partial charge is 0.496 e. The van der Waals surface area contributed by atoms with Crippen LogP contribution in [0, 0.1) is 5.92 Å². The van der Waals surface area contributed by atoms with E-state index >= 15 is 0 Å². The number of furan rings is 1. The Morgan fingerprint density at radius 3 is 2.62 bits per heavy atom. The number of rotatable bonds is 3. The van der Waals surface area contributed by atoms with Gasteiger partial charge in [0.05, 0.1) is 30.3 Å². The molecule has 1 aromatic heterocycles. The number of hydrogen-bond acceptors (Lipinski definition) is 5. The summed E-state index contributed by atoms with van der Waals surface area (Å²) in [5.41, 5.74) is 3.30. The van der Waals surface area contributed by atoms with Gasteiger partial charge in [-0.25, -0.2) is 0 Å². The van der Waals surface area contributed by atoms with E-state index in [9.17, 15) is 9.59 Å². The Morgan fingerprint density at radius 1 is 1.06 bits per heavy atom. The van der Waals surface area contributed by atoms with Crippen molar-refractivity contribution in [1.82, 2.24) is 0 Å². The first-order chi connectivity index (χ1) is 15.6. The van der Waals surface area contributed by atoms with Gasteiger partial charge < -0.3 is 14.5 Å². The zero-order valence-corrected chi connectivity index (χ0v) is 18.0. The Kier molecular flexibility index (Phi) is 5.05. The molecule has 0 saturated heterocycles. The average molecular weight is 428 g/mol. The molecule has 1 amide bonds. The number of amides is 1. The lowest BCUT2D eigenvalue weighted by Gasteiger charge is -2.33. The van der Waals surface area contributed by atoms with Crippen molar-refractivity contribution in [2.75, 3.05) is 17.3 Å². The maximum atomic E-state index is 14.1. The smallest absolute Gasteiger partial charge is 0.263 e. The lowest BCUT2D eigenvalue weighted by molar-refractivity contribution is -0.117. The molecule has 0 saturated carbocycles. The van der Waals surface area contributed by atoms with E-state index in [1.165, 1.54) is 0 Å². The molecule has 1 N–H and O–H groups in total.